The molecular weight excluding hydrogens is 470 g/mol. The number of hydrogen-bond acceptors (Lipinski definition) is 7. The van der Waals surface area contributed by atoms with Crippen LogP contribution in [0.1, 0.15) is 22.5 Å². The zero-order chi connectivity index (χ0) is 26.2. The second-order valence-corrected chi connectivity index (χ2v) is 7.94. The van der Waals surface area contributed by atoms with Crippen LogP contribution in [0.15, 0.2) is 52.3 Å². The number of carbonyl (C=O) groups is 3. The average Bonchev–Trinajstić information content (AvgIpc) is 3.11. The summed E-state index contributed by atoms with van der Waals surface area (Å²) in [6, 6.07) is 10.7. The molecule has 3 aromatic rings. The number of hydrogen-bond donors (Lipinski definition) is 6. The molecule has 0 spiro atoms. The first kappa shape index (κ1) is 25.8. The highest BCUT2D eigenvalue weighted by atomic mass is 16.4. The molecule has 0 saturated heterocycles. The molecule has 3 rings (SSSR count). The van der Waals surface area contributed by atoms with E-state index in [4.69, 9.17) is 11.5 Å². The van der Waals surface area contributed by atoms with E-state index < -0.39 is 48.5 Å². The van der Waals surface area contributed by atoms with Gasteiger partial charge in [0.05, 0.1) is 17.7 Å². The molecule has 0 fully saturated rings. The quantitative estimate of drug-likeness (QED) is 0.0978. The van der Waals surface area contributed by atoms with Gasteiger partial charge in [-0.2, -0.15) is 0 Å². The number of nitrogens with one attached hydrogen (secondary N) is 3. The molecule has 1 atom stereocenters. The first-order valence-corrected chi connectivity index (χ1v) is 11.0. The highest BCUT2D eigenvalue weighted by molar-refractivity contribution is 6.00. The van der Waals surface area contributed by atoms with E-state index in [1.807, 2.05) is 24.3 Å². The number of nitrogens with two attached hydrogens (primary N) is 2. The Morgan fingerprint density at radius 3 is 2.56 bits per heavy atom. The molecule has 0 aliphatic carbocycles. The Morgan fingerprint density at radius 1 is 1.14 bits per heavy atom. The predicted molar refractivity (Wildman–Crippen MR) is 129 cm³/mol. The predicted octanol–water partition coefficient (Wildman–Crippen LogP) is -2.09. The molecule has 8 N–H and O–H groups in total. The second kappa shape index (κ2) is 11.6. The van der Waals surface area contributed by atoms with Gasteiger partial charge in [0.25, 0.3) is 5.91 Å². The first-order chi connectivity index (χ1) is 17.2. The Morgan fingerprint density at radius 2 is 1.86 bits per heavy atom. The zero-order valence-corrected chi connectivity index (χ0v) is 19.2. The number of nitrogens with zero attached hydrogens (tertiary/aromatic N) is 2. The van der Waals surface area contributed by atoms with E-state index in [1.165, 1.54) is 0 Å². The van der Waals surface area contributed by atoms with Crippen molar-refractivity contribution in [3.63, 3.8) is 0 Å². The lowest BCUT2D eigenvalue weighted by atomic mass is 10.1. The SMILES string of the molecule is NC(N)=NCCCc1[nH]c(=O)n(CC(=O)NCC(NC(=O)c2ccc3ccccc3c2)C(=O)[O-])c1O. The van der Waals surface area contributed by atoms with Gasteiger partial charge >= 0.3 is 5.69 Å². The van der Waals surface area contributed by atoms with Gasteiger partial charge in [-0.1, -0.05) is 30.3 Å². The molecule has 13 nitrogen and oxygen atoms in total. The standard InChI is InChI=1S/C23H27N7O6/c24-22(25)26-9-3-6-16-20(33)30(23(36)29-16)12-18(31)27-11-17(21(34)35)28-19(32)15-8-7-13-4-1-2-5-14(13)10-15/h1-2,4-5,7-8,10,17,33H,3,6,9,11-12H2,(H,27,31)(H,28,32)(H,29,36)(H,34,35)(H4,24,25,26)/p-1. The molecule has 0 bridgehead atoms. The van der Waals surface area contributed by atoms with E-state index in [0.717, 1.165) is 15.3 Å². The molecule has 0 aliphatic heterocycles. The fraction of sp³-hybridized carbons (Fsp3) is 0.261. The lowest BCUT2D eigenvalue weighted by Gasteiger charge is -2.20. The Kier molecular flexibility index (Phi) is 8.28. The number of carboxylic acids is 1. The number of fused-ring (bicyclic) bond motifs is 1. The Hall–Kier alpha value is -4.81. The number of rotatable bonds is 11. The fourth-order valence-electron chi connectivity index (χ4n) is 3.48. The molecular formula is C23H26N7O6-. The minimum Gasteiger partial charge on any atom is -0.548 e. The number of aliphatic carboxylic acids is 1. The number of H-pyrrole nitrogens is 1. The van der Waals surface area contributed by atoms with Gasteiger partial charge in [0, 0.05) is 18.7 Å². The molecule has 1 heterocycles. The summed E-state index contributed by atoms with van der Waals surface area (Å²) in [6.07, 6.45) is 0.682. The van der Waals surface area contributed by atoms with Crippen molar-refractivity contribution in [2.75, 3.05) is 13.1 Å². The van der Waals surface area contributed by atoms with E-state index in [1.54, 1.807) is 18.2 Å². The van der Waals surface area contributed by atoms with Crippen LogP contribution in [0.3, 0.4) is 0 Å². The Balaban J connectivity index is 1.58. The van der Waals surface area contributed by atoms with Crippen LogP contribution in [0, 0.1) is 0 Å². The lowest BCUT2D eigenvalue weighted by Crippen LogP contribution is -2.54. The van der Waals surface area contributed by atoms with Crippen LogP contribution in [-0.2, 0) is 22.6 Å². The summed E-state index contributed by atoms with van der Waals surface area (Å²) in [5.41, 5.74) is 10.2. The molecule has 0 aliphatic rings. The maximum Gasteiger partial charge on any atom is 0.329 e. The van der Waals surface area contributed by atoms with E-state index in [-0.39, 0.29) is 30.2 Å². The van der Waals surface area contributed by atoms with Gasteiger partial charge < -0.3 is 42.1 Å². The van der Waals surface area contributed by atoms with E-state index in [0.29, 0.717) is 6.42 Å². The van der Waals surface area contributed by atoms with Crippen molar-refractivity contribution in [3.05, 3.63) is 64.2 Å². The summed E-state index contributed by atoms with van der Waals surface area (Å²) in [7, 11) is 0. The summed E-state index contributed by atoms with van der Waals surface area (Å²) in [6.45, 7) is -0.787. The number of aromatic amines is 1. The third kappa shape index (κ3) is 6.62. The number of carboxylic acid groups (broad SMARTS) is 1. The highest BCUT2D eigenvalue weighted by Crippen LogP contribution is 2.16. The van der Waals surface area contributed by atoms with E-state index >= 15 is 0 Å². The maximum atomic E-state index is 12.6. The smallest absolute Gasteiger partial charge is 0.329 e. The van der Waals surface area contributed by atoms with E-state index in [9.17, 15) is 29.4 Å². The van der Waals surface area contributed by atoms with Gasteiger partial charge in [0.2, 0.25) is 11.8 Å². The summed E-state index contributed by atoms with van der Waals surface area (Å²) >= 11 is 0. The first-order valence-electron chi connectivity index (χ1n) is 11.0. The molecule has 36 heavy (non-hydrogen) atoms. The number of aryl methyl sites for hydroxylation is 1. The summed E-state index contributed by atoms with van der Waals surface area (Å²) in [5, 5.41) is 28.1. The Labute approximate surface area is 204 Å². The minimum absolute atomic E-state index is 0.0784. The van der Waals surface area contributed by atoms with Crippen LogP contribution in [0.25, 0.3) is 10.8 Å². The minimum atomic E-state index is -1.60. The van der Waals surface area contributed by atoms with Gasteiger partial charge in [-0.05, 0) is 35.7 Å². The van der Waals surface area contributed by atoms with Gasteiger partial charge in [0.15, 0.2) is 5.96 Å². The van der Waals surface area contributed by atoms with Gasteiger partial charge in [0.1, 0.15) is 6.54 Å². The van der Waals surface area contributed by atoms with Gasteiger partial charge in [-0.15, -0.1) is 0 Å². The molecule has 0 radical (unpaired) electrons. The summed E-state index contributed by atoms with van der Waals surface area (Å²) in [4.78, 5) is 54.8. The number of aliphatic imine (C=N–C) groups is 1. The third-order valence-electron chi connectivity index (χ3n) is 5.31. The monoisotopic (exact) mass is 496 g/mol. The van der Waals surface area contributed by atoms with Crippen molar-refractivity contribution >= 4 is 34.5 Å². The molecule has 0 saturated carbocycles. The van der Waals surface area contributed by atoms with Crippen molar-refractivity contribution in [1.29, 1.82) is 0 Å². The number of guanidine groups is 1. The number of benzene rings is 2. The van der Waals surface area contributed by atoms with Crippen LogP contribution < -0.4 is 32.9 Å². The highest BCUT2D eigenvalue weighted by Gasteiger charge is 2.19. The molecule has 1 unspecified atom stereocenters. The molecule has 2 aromatic carbocycles. The topological polar surface area (TPSA) is 221 Å². The lowest BCUT2D eigenvalue weighted by molar-refractivity contribution is -0.307. The maximum absolute atomic E-state index is 12.6. The van der Waals surface area contributed by atoms with Crippen LogP contribution in [0.4, 0.5) is 0 Å². The molecule has 13 heteroatoms. The number of aromatic hydroxyl groups is 1. The number of amides is 2. The van der Waals surface area contributed by atoms with Crippen molar-refractivity contribution in [1.82, 2.24) is 20.2 Å². The largest absolute Gasteiger partial charge is 0.548 e. The van der Waals surface area contributed by atoms with Gasteiger partial charge in [-0.3, -0.25) is 19.1 Å². The van der Waals surface area contributed by atoms with Crippen molar-refractivity contribution in [2.24, 2.45) is 16.5 Å². The van der Waals surface area contributed by atoms with Crippen LogP contribution in [0.5, 0.6) is 5.88 Å². The van der Waals surface area contributed by atoms with Crippen LogP contribution >= 0.6 is 0 Å². The third-order valence-corrected chi connectivity index (χ3v) is 5.31. The number of carbonyl (C=O) groups excluding carboxylic acids is 3. The summed E-state index contributed by atoms with van der Waals surface area (Å²) in [5.74, 6) is -3.53. The second-order valence-electron chi connectivity index (χ2n) is 7.94. The summed E-state index contributed by atoms with van der Waals surface area (Å²) < 4.78 is 0.799. The number of aromatic nitrogens is 2. The van der Waals surface area contributed by atoms with Crippen molar-refractivity contribution in [2.45, 2.75) is 25.4 Å². The zero-order valence-electron chi connectivity index (χ0n) is 19.2. The average molecular weight is 497 g/mol. The van der Waals surface area contributed by atoms with Crippen LogP contribution in [-0.4, -0.2) is 57.5 Å². The number of imidazole rings is 1. The fourth-order valence-corrected chi connectivity index (χ4v) is 3.48. The van der Waals surface area contributed by atoms with E-state index in [2.05, 4.69) is 20.6 Å². The van der Waals surface area contributed by atoms with Gasteiger partial charge in [-0.25, -0.2) is 4.79 Å². The van der Waals surface area contributed by atoms with Crippen molar-refractivity contribution < 1.29 is 24.6 Å². The van der Waals surface area contributed by atoms with Crippen molar-refractivity contribution in [3.8, 4) is 5.88 Å². The molecule has 2 amide bonds. The molecule has 190 valence electrons. The molecule has 1 aromatic heterocycles. The normalized spacial score (nSPS) is 11.6. The van der Waals surface area contributed by atoms with Crippen LogP contribution in [0.2, 0.25) is 0 Å². The Bertz CT molecular complexity index is 1360.